The van der Waals surface area contributed by atoms with Gasteiger partial charge in [0.15, 0.2) is 15.6 Å². The Kier molecular flexibility index (Phi) is 6.08. The van der Waals surface area contributed by atoms with E-state index in [1.165, 1.54) is 24.3 Å². The molecule has 5 nitrogen and oxygen atoms in total. The highest BCUT2D eigenvalue weighted by Gasteiger charge is 2.26. The lowest BCUT2D eigenvalue weighted by Gasteiger charge is -2.26. The van der Waals surface area contributed by atoms with Crippen LogP contribution in [0.4, 0.5) is 0 Å². The predicted molar refractivity (Wildman–Crippen MR) is 113 cm³/mol. The van der Waals surface area contributed by atoms with Crippen molar-refractivity contribution in [1.29, 1.82) is 0 Å². The van der Waals surface area contributed by atoms with Gasteiger partial charge in [-0.15, -0.1) is 0 Å². The first kappa shape index (κ1) is 21.4. The van der Waals surface area contributed by atoms with E-state index in [4.69, 9.17) is 27.6 Å². The molecule has 8 heteroatoms. The second-order valence-electron chi connectivity index (χ2n) is 7.05. The zero-order valence-electron chi connectivity index (χ0n) is 15.8. The standard InChI is InChI=1S/C21H19Cl2NO4S/c1-21(2,14-8-10-17(22)18(23)12-14)24-20(25)19-11-9-15(28-19)13-29(26,27)16-6-4-3-5-7-16/h3-12H,13H2,1-2H3,(H,24,25). The number of carbonyl (C=O) groups is 1. The monoisotopic (exact) mass is 451 g/mol. The van der Waals surface area contributed by atoms with Crippen LogP contribution < -0.4 is 5.32 Å². The van der Waals surface area contributed by atoms with E-state index in [0.29, 0.717) is 10.0 Å². The van der Waals surface area contributed by atoms with Crippen LogP contribution in [-0.4, -0.2) is 14.3 Å². The van der Waals surface area contributed by atoms with Crippen molar-refractivity contribution in [3.63, 3.8) is 0 Å². The van der Waals surface area contributed by atoms with Crippen molar-refractivity contribution < 1.29 is 17.6 Å². The summed E-state index contributed by atoms with van der Waals surface area (Å²) in [4.78, 5) is 12.8. The van der Waals surface area contributed by atoms with E-state index < -0.39 is 21.3 Å². The Morgan fingerprint density at radius 3 is 2.34 bits per heavy atom. The van der Waals surface area contributed by atoms with Crippen molar-refractivity contribution in [2.24, 2.45) is 0 Å². The third-order valence-electron chi connectivity index (χ3n) is 4.39. The molecule has 0 atom stereocenters. The Morgan fingerprint density at radius 2 is 1.69 bits per heavy atom. The van der Waals surface area contributed by atoms with E-state index in [1.54, 1.807) is 36.4 Å². The van der Waals surface area contributed by atoms with Crippen molar-refractivity contribution in [2.45, 2.75) is 30.0 Å². The predicted octanol–water partition coefficient (Wildman–Crippen LogP) is 5.23. The lowest BCUT2D eigenvalue weighted by molar-refractivity contribution is 0.0882. The molecular weight excluding hydrogens is 433 g/mol. The summed E-state index contributed by atoms with van der Waals surface area (Å²) in [5.41, 5.74) is 0.00710. The zero-order chi connectivity index (χ0) is 21.2. The van der Waals surface area contributed by atoms with E-state index in [1.807, 2.05) is 13.8 Å². The van der Waals surface area contributed by atoms with E-state index in [0.717, 1.165) is 5.56 Å². The van der Waals surface area contributed by atoms with Gasteiger partial charge in [0, 0.05) is 0 Å². The number of nitrogens with one attached hydrogen (secondary N) is 1. The van der Waals surface area contributed by atoms with Gasteiger partial charge in [0.2, 0.25) is 0 Å². The number of carbonyl (C=O) groups excluding carboxylic acids is 1. The highest BCUT2D eigenvalue weighted by molar-refractivity contribution is 7.90. The van der Waals surface area contributed by atoms with E-state index in [-0.39, 0.29) is 22.2 Å². The maximum Gasteiger partial charge on any atom is 0.287 e. The van der Waals surface area contributed by atoms with Gasteiger partial charge in [-0.1, -0.05) is 47.5 Å². The molecule has 0 bridgehead atoms. The van der Waals surface area contributed by atoms with Crippen molar-refractivity contribution in [1.82, 2.24) is 5.32 Å². The molecule has 3 rings (SSSR count). The number of sulfone groups is 1. The van der Waals surface area contributed by atoms with Gasteiger partial charge in [-0.25, -0.2) is 8.42 Å². The topological polar surface area (TPSA) is 76.4 Å². The molecule has 1 aromatic heterocycles. The Labute approximate surface area is 179 Å². The summed E-state index contributed by atoms with van der Waals surface area (Å²) in [6.07, 6.45) is 0. The summed E-state index contributed by atoms with van der Waals surface area (Å²) >= 11 is 12.0. The molecule has 3 aromatic rings. The van der Waals surface area contributed by atoms with Crippen LogP contribution in [0.5, 0.6) is 0 Å². The van der Waals surface area contributed by atoms with Crippen molar-refractivity contribution in [2.75, 3.05) is 0 Å². The van der Waals surface area contributed by atoms with Crippen LogP contribution in [-0.2, 0) is 21.1 Å². The summed E-state index contributed by atoms with van der Waals surface area (Å²) in [7, 11) is -3.57. The molecule has 0 saturated carbocycles. The number of furan rings is 1. The third-order valence-corrected chi connectivity index (χ3v) is 6.78. The molecule has 0 aliphatic rings. The first-order chi connectivity index (χ1) is 13.6. The lowest BCUT2D eigenvalue weighted by atomic mass is 9.94. The van der Waals surface area contributed by atoms with E-state index >= 15 is 0 Å². The fourth-order valence-electron chi connectivity index (χ4n) is 2.78. The average Bonchev–Trinajstić information content (AvgIpc) is 3.12. The van der Waals surface area contributed by atoms with Gasteiger partial charge >= 0.3 is 0 Å². The van der Waals surface area contributed by atoms with Crippen LogP contribution in [0.3, 0.4) is 0 Å². The summed E-state index contributed by atoms with van der Waals surface area (Å²) in [5.74, 6) is -0.590. The molecule has 1 amide bonds. The van der Waals surface area contributed by atoms with Crippen LogP contribution >= 0.6 is 23.2 Å². The van der Waals surface area contributed by atoms with Gasteiger partial charge in [0.1, 0.15) is 11.5 Å². The van der Waals surface area contributed by atoms with Crippen molar-refractivity contribution in [3.05, 3.63) is 87.8 Å². The van der Waals surface area contributed by atoms with Crippen LogP contribution in [0.25, 0.3) is 0 Å². The molecule has 0 spiro atoms. The smallest absolute Gasteiger partial charge is 0.287 e. The lowest BCUT2D eigenvalue weighted by Crippen LogP contribution is -2.40. The number of hydrogen-bond acceptors (Lipinski definition) is 4. The minimum atomic E-state index is -3.57. The second-order valence-corrected chi connectivity index (χ2v) is 9.85. The van der Waals surface area contributed by atoms with Gasteiger partial charge in [0.05, 0.1) is 20.5 Å². The maximum atomic E-state index is 12.6. The molecule has 1 heterocycles. The van der Waals surface area contributed by atoms with Crippen LogP contribution in [0, 0.1) is 0 Å². The third kappa shape index (κ3) is 5.01. The van der Waals surface area contributed by atoms with Gasteiger partial charge in [-0.05, 0) is 55.8 Å². The number of hydrogen-bond donors (Lipinski definition) is 1. The molecule has 0 radical (unpaired) electrons. The molecule has 0 saturated heterocycles. The Balaban J connectivity index is 1.74. The number of benzene rings is 2. The first-order valence-electron chi connectivity index (χ1n) is 8.73. The average molecular weight is 452 g/mol. The second kappa shape index (κ2) is 8.22. The molecule has 0 unspecified atom stereocenters. The normalized spacial score (nSPS) is 12.0. The zero-order valence-corrected chi connectivity index (χ0v) is 18.1. The van der Waals surface area contributed by atoms with E-state index in [2.05, 4.69) is 5.32 Å². The van der Waals surface area contributed by atoms with E-state index in [9.17, 15) is 13.2 Å². The highest BCUT2D eigenvalue weighted by Crippen LogP contribution is 2.29. The van der Waals surface area contributed by atoms with Gasteiger partial charge in [-0.3, -0.25) is 4.79 Å². The summed E-state index contributed by atoms with van der Waals surface area (Å²) in [5, 5.41) is 3.67. The molecule has 1 N–H and O–H groups in total. The molecule has 0 aliphatic heterocycles. The minimum absolute atomic E-state index is 0.0244. The summed E-state index contributed by atoms with van der Waals surface area (Å²) < 4.78 is 30.4. The fourth-order valence-corrected chi connectivity index (χ4v) is 4.34. The fraction of sp³-hybridized carbons (Fsp3) is 0.190. The molecular formula is C21H19Cl2NO4S. The molecule has 0 aliphatic carbocycles. The summed E-state index contributed by atoms with van der Waals surface area (Å²) in [6, 6.07) is 16.1. The first-order valence-corrected chi connectivity index (χ1v) is 11.1. The van der Waals surface area contributed by atoms with Crippen molar-refractivity contribution in [3.8, 4) is 0 Å². The Hall–Kier alpha value is -2.28. The highest BCUT2D eigenvalue weighted by atomic mass is 35.5. The molecule has 2 aromatic carbocycles. The quantitative estimate of drug-likeness (QED) is 0.556. The molecule has 29 heavy (non-hydrogen) atoms. The Morgan fingerprint density at radius 1 is 1.00 bits per heavy atom. The number of halogens is 2. The number of rotatable bonds is 6. The SMILES string of the molecule is CC(C)(NC(=O)c1ccc(CS(=O)(=O)c2ccccc2)o1)c1ccc(Cl)c(Cl)c1. The largest absolute Gasteiger partial charge is 0.455 e. The molecule has 0 fully saturated rings. The maximum absolute atomic E-state index is 12.6. The molecule has 152 valence electrons. The van der Waals surface area contributed by atoms with Crippen molar-refractivity contribution >= 4 is 38.9 Å². The van der Waals surface area contributed by atoms with Gasteiger partial charge in [-0.2, -0.15) is 0 Å². The van der Waals surface area contributed by atoms with Gasteiger partial charge < -0.3 is 9.73 Å². The number of amides is 1. The summed E-state index contributed by atoms with van der Waals surface area (Å²) in [6.45, 7) is 3.63. The minimum Gasteiger partial charge on any atom is -0.455 e. The van der Waals surface area contributed by atoms with Crippen LogP contribution in [0.2, 0.25) is 10.0 Å². The Bertz CT molecular complexity index is 1140. The van der Waals surface area contributed by atoms with Crippen LogP contribution in [0.15, 0.2) is 70.0 Å². The van der Waals surface area contributed by atoms with Crippen LogP contribution in [0.1, 0.15) is 35.7 Å². The van der Waals surface area contributed by atoms with Gasteiger partial charge in [0.25, 0.3) is 5.91 Å².